The van der Waals surface area contributed by atoms with Crippen molar-refractivity contribution in [2.75, 3.05) is 4.90 Å². The second kappa shape index (κ2) is 11.1. The lowest BCUT2D eigenvalue weighted by molar-refractivity contribution is 0.332. The minimum absolute atomic E-state index is 0.0492. The van der Waals surface area contributed by atoms with Gasteiger partial charge in [0.15, 0.2) is 5.58 Å². The van der Waals surface area contributed by atoms with Crippen LogP contribution in [0.4, 0.5) is 17.1 Å². The number of aryl methyl sites for hydroxylation is 1. The van der Waals surface area contributed by atoms with E-state index in [1.807, 2.05) is 11.3 Å². The molecule has 0 radical (unpaired) electrons. The zero-order valence-corrected chi connectivity index (χ0v) is 34.2. The summed E-state index contributed by atoms with van der Waals surface area (Å²) in [6, 6.07) is 50.3. The summed E-state index contributed by atoms with van der Waals surface area (Å²) in [6.45, 7) is 12.0. The van der Waals surface area contributed by atoms with Crippen LogP contribution in [0.15, 0.2) is 138 Å². The van der Waals surface area contributed by atoms with E-state index in [2.05, 4.69) is 177 Å². The molecule has 0 saturated heterocycles. The molecule has 7 aromatic carbocycles. The lowest BCUT2D eigenvalue weighted by Crippen LogP contribution is -2.56. The number of rotatable bonds is 2. The summed E-state index contributed by atoms with van der Waals surface area (Å²) in [5.41, 5.74) is 18.9. The Hall–Kier alpha value is -6.04. The number of hydrogen-bond acceptors (Lipinski definition) is 3. The first-order chi connectivity index (χ1) is 28.2. The van der Waals surface area contributed by atoms with Crippen LogP contribution in [-0.2, 0) is 10.8 Å². The molecule has 0 amide bonds. The molecule has 0 saturated carbocycles. The number of anilines is 3. The maximum atomic E-state index is 7.11. The highest BCUT2D eigenvalue weighted by molar-refractivity contribution is 7.26. The van der Waals surface area contributed by atoms with E-state index >= 15 is 0 Å². The minimum Gasteiger partial charge on any atom is -0.454 e. The van der Waals surface area contributed by atoms with Crippen molar-refractivity contribution in [3.05, 3.63) is 150 Å². The van der Waals surface area contributed by atoms with Crippen molar-refractivity contribution in [3.63, 3.8) is 0 Å². The largest absolute Gasteiger partial charge is 0.454 e. The van der Waals surface area contributed by atoms with Gasteiger partial charge in [-0.05, 0) is 105 Å². The molecule has 3 aromatic heterocycles. The van der Waals surface area contributed by atoms with E-state index in [9.17, 15) is 0 Å². The van der Waals surface area contributed by atoms with Gasteiger partial charge in [-0.15, -0.1) is 11.3 Å². The number of nitrogens with zero attached hydrogens (tertiary/aromatic N) is 2. The molecular formula is C53H41BN2OS. The van der Waals surface area contributed by atoms with E-state index in [1.165, 1.54) is 98.9 Å². The molecule has 0 bridgehead atoms. The fraction of sp³-hybridized carbons (Fsp3) is 0.170. The monoisotopic (exact) mass is 764 g/mol. The molecule has 0 unspecified atom stereocenters. The van der Waals surface area contributed by atoms with Gasteiger partial charge in [-0.25, -0.2) is 0 Å². The van der Waals surface area contributed by atoms with E-state index in [4.69, 9.17) is 4.42 Å². The lowest BCUT2D eigenvalue weighted by atomic mass is 9.45. The second-order valence-electron chi connectivity index (χ2n) is 18.3. The van der Waals surface area contributed by atoms with Crippen LogP contribution in [0.5, 0.6) is 0 Å². The van der Waals surface area contributed by atoms with E-state index in [0.29, 0.717) is 0 Å². The Kier molecular flexibility index (Phi) is 6.33. The second-order valence-corrected chi connectivity index (χ2v) is 19.4. The summed E-state index contributed by atoms with van der Waals surface area (Å²) in [6.07, 6.45) is 2.34. The highest BCUT2D eigenvalue weighted by atomic mass is 32.1. The molecule has 13 rings (SSSR count). The van der Waals surface area contributed by atoms with Crippen LogP contribution in [0, 0.1) is 6.92 Å². The maximum absolute atomic E-state index is 7.11. The highest BCUT2D eigenvalue weighted by Gasteiger charge is 2.46. The van der Waals surface area contributed by atoms with Crippen molar-refractivity contribution in [2.24, 2.45) is 0 Å². The molecule has 0 atom stereocenters. The van der Waals surface area contributed by atoms with Crippen LogP contribution in [-0.4, -0.2) is 11.3 Å². The van der Waals surface area contributed by atoms with E-state index in [0.717, 1.165) is 34.0 Å². The molecule has 0 spiro atoms. The summed E-state index contributed by atoms with van der Waals surface area (Å²) in [5.74, 6) is 0. The number of fused-ring (bicyclic) bond motifs is 14. The van der Waals surface area contributed by atoms with Crippen LogP contribution in [0.2, 0.25) is 0 Å². The van der Waals surface area contributed by atoms with Crippen molar-refractivity contribution in [1.29, 1.82) is 0 Å². The number of furan rings is 1. The highest BCUT2D eigenvalue weighted by Crippen LogP contribution is 2.54. The summed E-state index contributed by atoms with van der Waals surface area (Å²) >= 11 is 1.93. The van der Waals surface area contributed by atoms with Gasteiger partial charge in [0.2, 0.25) is 0 Å². The molecule has 5 heteroatoms. The average Bonchev–Trinajstić information content (AvgIpc) is 3.91. The van der Waals surface area contributed by atoms with E-state index < -0.39 is 0 Å². The third-order valence-electron chi connectivity index (χ3n) is 14.2. The van der Waals surface area contributed by atoms with Gasteiger partial charge in [0, 0.05) is 54.1 Å². The van der Waals surface area contributed by atoms with Crippen LogP contribution in [0.3, 0.4) is 0 Å². The molecule has 3 aliphatic rings. The van der Waals surface area contributed by atoms with Crippen LogP contribution in [0.1, 0.15) is 57.2 Å². The third kappa shape index (κ3) is 4.15. The minimum atomic E-state index is -0.0602. The molecule has 0 N–H and O–H groups in total. The number of benzene rings is 7. The molecule has 2 aliphatic heterocycles. The predicted octanol–water partition coefficient (Wildman–Crippen LogP) is 13.7. The van der Waals surface area contributed by atoms with Crippen molar-refractivity contribution in [1.82, 2.24) is 4.48 Å². The zero-order chi connectivity index (χ0) is 38.8. The van der Waals surface area contributed by atoms with Gasteiger partial charge < -0.3 is 13.8 Å². The summed E-state index contributed by atoms with van der Waals surface area (Å²) in [7, 11) is 0. The zero-order valence-electron chi connectivity index (χ0n) is 33.4. The van der Waals surface area contributed by atoms with Crippen LogP contribution < -0.4 is 15.8 Å². The van der Waals surface area contributed by atoms with Gasteiger partial charge in [0.1, 0.15) is 5.58 Å². The first-order valence-electron chi connectivity index (χ1n) is 20.8. The standard InChI is InChI=1S/C53H41BN2OS/c1-30-26-39-40(53(4,5)25-24-52(39,2)3)29-42(30)55-43-28-32(31-14-7-6-8-15-31)27-38-34-18-13-19-37-46-36-17-10-12-21-45(36)58-51(46)56(48(34)37)54(47(38)43)41-23-22-35-33-16-9-11-20-44(33)57-50(35)49(41)55/h6-23,26-29H,24-25H2,1-5H3. The Morgan fingerprint density at radius 2 is 1.34 bits per heavy atom. The SMILES string of the molecule is Cc1cc2c(cc1N1c3cc(-c4ccccc4)cc4c3B(c3ccc5c(oc6ccccc65)c31)n1c3sc5ccccc5c3c3cccc-4c31)C(C)(C)CCC2(C)C. The van der Waals surface area contributed by atoms with Crippen molar-refractivity contribution in [2.45, 2.75) is 58.3 Å². The Bertz CT molecular complexity index is 3440. The van der Waals surface area contributed by atoms with Gasteiger partial charge in [0.05, 0.1) is 10.5 Å². The van der Waals surface area contributed by atoms with Crippen molar-refractivity contribution < 1.29 is 4.42 Å². The van der Waals surface area contributed by atoms with Crippen molar-refractivity contribution in [3.8, 4) is 22.3 Å². The Labute approximate surface area is 342 Å². The fourth-order valence-corrected chi connectivity index (χ4v) is 12.4. The first-order valence-corrected chi connectivity index (χ1v) is 21.6. The summed E-state index contributed by atoms with van der Waals surface area (Å²) in [4.78, 5) is 3.95. The number of thiophene rings is 1. The molecular weight excluding hydrogens is 723 g/mol. The number of para-hydroxylation sites is 2. The first kappa shape index (κ1) is 33.0. The fourth-order valence-electron chi connectivity index (χ4n) is 11.2. The Morgan fingerprint density at radius 3 is 2.17 bits per heavy atom. The Balaban J connectivity index is 1.23. The lowest BCUT2D eigenvalue weighted by Gasteiger charge is -2.44. The number of aromatic nitrogens is 1. The van der Waals surface area contributed by atoms with Gasteiger partial charge in [0.25, 0.3) is 0 Å². The molecule has 0 fully saturated rings. The summed E-state index contributed by atoms with van der Waals surface area (Å²) < 4.78 is 11.1. The molecule has 5 heterocycles. The topological polar surface area (TPSA) is 21.3 Å². The van der Waals surface area contributed by atoms with Gasteiger partial charge in [-0.1, -0.05) is 131 Å². The summed E-state index contributed by atoms with van der Waals surface area (Å²) in [5, 5.41) is 6.32. The molecule has 278 valence electrons. The van der Waals surface area contributed by atoms with E-state index in [-0.39, 0.29) is 17.7 Å². The molecule has 3 nitrogen and oxygen atoms in total. The van der Waals surface area contributed by atoms with Gasteiger partial charge >= 0.3 is 6.85 Å². The quantitative estimate of drug-likeness (QED) is 0.164. The smallest absolute Gasteiger partial charge is 0.333 e. The van der Waals surface area contributed by atoms with E-state index in [1.54, 1.807) is 0 Å². The normalized spacial score (nSPS) is 16.1. The van der Waals surface area contributed by atoms with Gasteiger partial charge in [-0.2, -0.15) is 0 Å². The van der Waals surface area contributed by atoms with Crippen molar-refractivity contribution >= 4 is 99.3 Å². The van der Waals surface area contributed by atoms with Crippen LogP contribution >= 0.6 is 11.3 Å². The number of hydrogen-bond donors (Lipinski definition) is 0. The van der Waals surface area contributed by atoms with Gasteiger partial charge in [-0.3, -0.25) is 0 Å². The molecule has 1 aliphatic carbocycles. The molecule has 58 heavy (non-hydrogen) atoms. The third-order valence-corrected chi connectivity index (χ3v) is 15.3. The maximum Gasteiger partial charge on any atom is 0.333 e. The Morgan fingerprint density at radius 1 is 0.621 bits per heavy atom. The average molecular weight is 765 g/mol. The van der Waals surface area contributed by atoms with Crippen LogP contribution in [0.25, 0.3) is 75.4 Å². The molecule has 10 aromatic rings. The predicted molar refractivity (Wildman–Crippen MR) is 248 cm³/mol.